The molecular weight excluding hydrogens is 416 g/mol. The van der Waals surface area contributed by atoms with Crippen molar-refractivity contribution in [3.8, 4) is 5.75 Å². The van der Waals surface area contributed by atoms with Crippen molar-refractivity contribution in [1.82, 2.24) is 0 Å². The molecule has 3 rings (SSSR count). The van der Waals surface area contributed by atoms with Crippen LogP contribution < -0.4 is 14.8 Å². The first-order valence-electron chi connectivity index (χ1n) is 8.46. The maximum absolute atomic E-state index is 13.7. The van der Waals surface area contributed by atoms with E-state index >= 15 is 0 Å². The average Bonchev–Trinajstić information content (AvgIpc) is 3.47. The molecular formula is C18H16F4N2O4S. The van der Waals surface area contributed by atoms with E-state index < -0.39 is 39.8 Å². The first-order chi connectivity index (χ1) is 13.5. The number of alkyl halides is 3. The van der Waals surface area contributed by atoms with Crippen LogP contribution >= 0.6 is 0 Å². The van der Waals surface area contributed by atoms with Gasteiger partial charge in [-0.3, -0.25) is 9.52 Å². The van der Waals surface area contributed by atoms with Crippen molar-refractivity contribution < 1.29 is 35.5 Å². The van der Waals surface area contributed by atoms with Gasteiger partial charge in [-0.25, -0.2) is 12.8 Å². The van der Waals surface area contributed by atoms with E-state index in [1.165, 1.54) is 24.3 Å². The number of hydrogen-bond donors (Lipinski definition) is 2. The number of halogens is 4. The number of hydrogen-bond acceptors (Lipinski definition) is 4. The molecule has 1 aliphatic carbocycles. The number of nitrogens with one attached hydrogen (secondary N) is 2. The highest BCUT2D eigenvalue weighted by Crippen LogP contribution is 2.32. The molecule has 2 aromatic carbocycles. The number of carbonyl (C=O) groups excluding carboxylic acids is 1. The van der Waals surface area contributed by atoms with Gasteiger partial charge in [0.2, 0.25) is 10.0 Å². The Kier molecular flexibility index (Phi) is 5.69. The van der Waals surface area contributed by atoms with Gasteiger partial charge in [-0.15, -0.1) is 0 Å². The highest BCUT2D eigenvalue weighted by atomic mass is 32.2. The summed E-state index contributed by atoms with van der Waals surface area (Å²) in [5.41, 5.74) is -0.536. The number of rotatable bonds is 7. The molecule has 0 radical (unpaired) electrons. The minimum Gasteiger partial charge on any atom is -0.482 e. The van der Waals surface area contributed by atoms with Crippen molar-refractivity contribution in [3.05, 3.63) is 53.8 Å². The summed E-state index contributed by atoms with van der Waals surface area (Å²) >= 11 is 0. The van der Waals surface area contributed by atoms with E-state index in [1.54, 1.807) is 0 Å². The second-order valence-corrected chi connectivity index (χ2v) is 8.35. The van der Waals surface area contributed by atoms with Crippen molar-refractivity contribution in [2.24, 2.45) is 0 Å². The van der Waals surface area contributed by atoms with Gasteiger partial charge < -0.3 is 10.1 Å². The van der Waals surface area contributed by atoms with Crippen molar-refractivity contribution in [3.63, 3.8) is 0 Å². The smallest absolute Gasteiger partial charge is 0.422 e. The molecule has 29 heavy (non-hydrogen) atoms. The van der Waals surface area contributed by atoms with E-state index in [1.807, 2.05) is 0 Å². The van der Waals surface area contributed by atoms with Crippen LogP contribution in [0.4, 0.5) is 28.9 Å². The molecule has 11 heteroatoms. The largest absolute Gasteiger partial charge is 0.482 e. The fourth-order valence-electron chi connectivity index (χ4n) is 2.45. The molecule has 0 aromatic heterocycles. The molecule has 1 amide bonds. The molecule has 1 aliphatic rings. The molecule has 6 nitrogen and oxygen atoms in total. The van der Waals surface area contributed by atoms with Crippen molar-refractivity contribution in [2.75, 3.05) is 16.6 Å². The summed E-state index contributed by atoms with van der Waals surface area (Å²) in [6.07, 6.45) is -3.60. The quantitative estimate of drug-likeness (QED) is 0.650. The summed E-state index contributed by atoms with van der Waals surface area (Å²) in [4.78, 5) is 12.6. The Hall–Kier alpha value is -2.82. The van der Waals surface area contributed by atoms with Gasteiger partial charge >= 0.3 is 6.18 Å². The molecule has 0 unspecified atom stereocenters. The maximum Gasteiger partial charge on any atom is 0.422 e. The molecule has 0 spiro atoms. The molecule has 1 saturated carbocycles. The first-order valence-corrected chi connectivity index (χ1v) is 10.0. The highest BCUT2D eigenvalue weighted by Gasteiger charge is 2.36. The van der Waals surface area contributed by atoms with E-state index in [4.69, 9.17) is 0 Å². The van der Waals surface area contributed by atoms with Crippen LogP contribution in [-0.4, -0.2) is 32.4 Å². The van der Waals surface area contributed by atoms with E-state index in [-0.39, 0.29) is 22.7 Å². The number of benzene rings is 2. The number of amides is 1. The fraction of sp³-hybridized carbons (Fsp3) is 0.278. The molecule has 0 saturated heterocycles. The summed E-state index contributed by atoms with van der Waals surface area (Å²) in [5, 5.41) is 1.76. The lowest BCUT2D eigenvalue weighted by molar-refractivity contribution is -0.153. The summed E-state index contributed by atoms with van der Waals surface area (Å²) in [6, 6.07) is 8.33. The maximum atomic E-state index is 13.7. The van der Waals surface area contributed by atoms with Crippen LogP contribution in [0.1, 0.15) is 23.2 Å². The van der Waals surface area contributed by atoms with Crippen LogP contribution in [0.5, 0.6) is 5.75 Å². The van der Waals surface area contributed by atoms with Crippen LogP contribution in [0.3, 0.4) is 0 Å². The lowest BCUT2D eigenvalue weighted by Gasteiger charge is -2.15. The summed E-state index contributed by atoms with van der Waals surface area (Å²) in [7, 11) is -3.72. The SMILES string of the molecule is O=C(Nc1ccccc1OCC(F)(F)F)c1cc(F)ccc1NS(=O)(=O)C1CC1. The zero-order valence-corrected chi connectivity index (χ0v) is 15.6. The van der Waals surface area contributed by atoms with Gasteiger partial charge in [0.15, 0.2) is 6.61 Å². The summed E-state index contributed by atoms with van der Waals surface area (Å²) in [5.74, 6) is -1.94. The first kappa shape index (κ1) is 20.9. The van der Waals surface area contributed by atoms with Gasteiger partial charge in [-0.1, -0.05) is 12.1 Å². The third-order valence-electron chi connectivity index (χ3n) is 3.97. The van der Waals surface area contributed by atoms with Crippen molar-refractivity contribution >= 4 is 27.3 Å². The second kappa shape index (κ2) is 7.90. The number of sulfonamides is 1. The van der Waals surface area contributed by atoms with Crippen LogP contribution in [0, 0.1) is 5.82 Å². The topological polar surface area (TPSA) is 84.5 Å². The van der Waals surface area contributed by atoms with E-state index in [9.17, 15) is 30.8 Å². The normalized spacial score (nSPS) is 14.3. The average molecular weight is 432 g/mol. The standard InChI is InChI=1S/C18H16F4N2O4S/c19-11-5-8-14(24-29(26,27)12-6-7-12)13(9-11)17(25)23-15-3-1-2-4-16(15)28-10-18(20,21)22/h1-5,8-9,12,24H,6-7,10H2,(H,23,25). The molecule has 1 fully saturated rings. The van der Waals surface area contributed by atoms with Crippen LogP contribution in [0.15, 0.2) is 42.5 Å². The van der Waals surface area contributed by atoms with Gasteiger partial charge in [0.05, 0.1) is 22.2 Å². The van der Waals surface area contributed by atoms with Gasteiger partial charge in [-0.2, -0.15) is 13.2 Å². The zero-order valence-electron chi connectivity index (χ0n) is 14.8. The second-order valence-electron chi connectivity index (χ2n) is 6.39. The summed E-state index contributed by atoms with van der Waals surface area (Å²) < 4.78 is 82.1. The molecule has 0 bridgehead atoms. The fourth-order valence-corrected chi connectivity index (χ4v) is 3.86. The van der Waals surface area contributed by atoms with Crippen molar-refractivity contribution in [1.29, 1.82) is 0 Å². The van der Waals surface area contributed by atoms with Gasteiger partial charge in [0.1, 0.15) is 11.6 Å². The molecule has 2 N–H and O–H groups in total. The van der Waals surface area contributed by atoms with Crippen LogP contribution in [0.25, 0.3) is 0 Å². The zero-order chi connectivity index (χ0) is 21.2. The van der Waals surface area contributed by atoms with E-state index in [0.717, 1.165) is 18.2 Å². The molecule has 0 heterocycles. The Bertz CT molecular complexity index is 1020. The molecule has 0 atom stereocenters. The lowest BCUT2D eigenvalue weighted by atomic mass is 10.1. The predicted molar refractivity (Wildman–Crippen MR) is 97.9 cm³/mol. The summed E-state index contributed by atoms with van der Waals surface area (Å²) in [6.45, 7) is -1.56. The number of ether oxygens (including phenoxy) is 1. The minimum atomic E-state index is -4.58. The number of para-hydroxylation sites is 2. The molecule has 0 aliphatic heterocycles. The minimum absolute atomic E-state index is 0.0815. The Balaban J connectivity index is 1.84. The Morgan fingerprint density at radius 1 is 1.10 bits per heavy atom. The van der Waals surface area contributed by atoms with Gasteiger partial charge in [0.25, 0.3) is 5.91 Å². The molecule has 2 aromatic rings. The number of carbonyl (C=O) groups is 1. The van der Waals surface area contributed by atoms with Crippen molar-refractivity contribution in [2.45, 2.75) is 24.3 Å². The van der Waals surface area contributed by atoms with Crippen LogP contribution in [-0.2, 0) is 10.0 Å². The monoisotopic (exact) mass is 432 g/mol. The van der Waals surface area contributed by atoms with E-state index in [0.29, 0.717) is 12.8 Å². The Labute approximate surface area is 163 Å². The van der Waals surface area contributed by atoms with Gasteiger partial charge in [0, 0.05) is 0 Å². The molecule has 156 valence electrons. The van der Waals surface area contributed by atoms with Crippen LogP contribution in [0.2, 0.25) is 0 Å². The Morgan fingerprint density at radius 3 is 2.45 bits per heavy atom. The predicted octanol–water partition coefficient (Wildman–Crippen LogP) is 3.92. The number of anilines is 2. The van der Waals surface area contributed by atoms with Gasteiger partial charge in [-0.05, 0) is 43.2 Å². The highest BCUT2D eigenvalue weighted by molar-refractivity contribution is 7.93. The lowest BCUT2D eigenvalue weighted by Crippen LogP contribution is -2.22. The third kappa shape index (κ3) is 5.59. The Morgan fingerprint density at radius 2 is 1.79 bits per heavy atom. The van der Waals surface area contributed by atoms with E-state index in [2.05, 4.69) is 14.8 Å². The third-order valence-corrected chi connectivity index (χ3v) is 5.82.